The molecule has 1 N–H and O–H groups in total. The van der Waals surface area contributed by atoms with Gasteiger partial charge in [0.05, 0.1) is 7.11 Å². The minimum atomic E-state index is -0.824. The largest absolute Gasteiger partial charge is 0.497 e. The summed E-state index contributed by atoms with van der Waals surface area (Å²) in [5.74, 6) is -0.799. The fourth-order valence-corrected chi connectivity index (χ4v) is 3.59. The first-order valence-corrected chi connectivity index (χ1v) is 9.23. The number of hydrogen-bond donors (Lipinski definition) is 1. The van der Waals surface area contributed by atoms with Gasteiger partial charge in [0.15, 0.2) is 11.6 Å². The van der Waals surface area contributed by atoms with E-state index in [2.05, 4.69) is 21.9 Å². The number of methoxy groups -OCH3 is 1. The molecule has 1 saturated heterocycles. The van der Waals surface area contributed by atoms with Crippen molar-refractivity contribution >= 4 is 0 Å². The third-order valence-corrected chi connectivity index (χ3v) is 5.09. The van der Waals surface area contributed by atoms with Crippen LogP contribution in [0.15, 0.2) is 42.5 Å². The summed E-state index contributed by atoms with van der Waals surface area (Å²) < 4.78 is 31.8. The van der Waals surface area contributed by atoms with Crippen LogP contribution in [0, 0.1) is 11.6 Å². The summed E-state index contributed by atoms with van der Waals surface area (Å²) >= 11 is 0. The number of rotatable bonds is 7. The average Bonchev–Trinajstić information content (AvgIpc) is 2.67. The first kappa shape index (κ1) is 19.7. The maximum atomic E-state index is 13.5. The fourth-order valence-electron chi connectivity index (χ4n) is 3.59. The number of halogens is 2. The quantitative estimate of drug-likeness (QED) is 0.806. The van der Waals surface area contributed by atoms with Crippen molar-refractivity contribution in [1.29, 1.82) is 0 Å². The molecule has 0 bridgehead atoms. The van der Waals surface area contributed by atoms with Gasteiger partial charge in [-0.15, -0.1) is 0 Å². The lowest BCUT2D eigenvalue weighted by Gasteiger charge is -2.41. The Labute approximate surface area is 159 Å². The Morgan fingerprint density at radius 2 is 1.74 bits per heavy atom. The van der Waals surface area contributed by atoms with Crippen LogP contribution in [0.1, 0.15) is 17.5 Å². The molecule has 0 radical (unpaired) electrons. The average molecular weight is 376 g/mol. The van der Waals surface area contributed by atoms with E-state index in [1.807, 2.05) is 12.1 Å². The molecule has 6 heteroatoms. The van der Waals surface area contributed by atoms with Crippen molar-refractivity contribution < 1.29 is 18.6 Å². The molecule has 2 aromatic carbocycles. The van der Waals surface area contributed by atoms with Gasteiger partial charge < -0.3 is 9.84 Å². The van der Waals surface area contributed by atoms with Crippen LogP contribution < -0.4 is 4.74 Å². The summed E-state index contributed by atoms with van der Waals surface area (Å²) in [6.07, 6.45) is 0.656. The normalized spacial score (nSPS) is 18.6. The van der Waals surface area contributed by atoms with Crippen molar-refractivity contribution in [3.8, 4) is 5.75 Å². The molecule has 1 fully saturated rings. The van der Waals surface area contributed by atoms with E-state index in [9.17, 15) is 13.9 Å². The molecule has 0 spiro atoms. The van der Waals surface area contributed by atoms with Gasteiger partial charge in [0, 0.05) is 45.4 Å². The summed E-state index contributed by atoms with van der Waals surface area (Å²) in [4.78, 5) is 4.61. The highest BCUT2D eigenvalue weighted by Gasteiger charge is 2.26. The fraction of sp³-hybridized carbons (Fsp3) is 0.429. The first-order valence-electron chi connectivity index (χ1n) is 9.23. The summed E-state index contributed by atoms with van der Waals surface area (Å²) in [6, 6.07) is 12.3. The Morgan fingerprint density at radius 1 is 1.00 bits per heavy atom. The van der Waals surface area contributed by atoms with E-state index in [-0.39, 0.29) is 12.6 Å². The minimum absolute atomic E-state index is 0.106. The third kappa shape index (κ3) is 5.25. The van der Waals surface area contributed by atoms with Crippen molar-refractivity contribution in [1.82, 2.24) is 9.80 Å². The molecule has 27 heavy (non-hydrogen) atoms. The molecule has 1 aliphatic heterocycles. The predicted molar refractivity (Wildman–Crippen MR) is 101 cm³/mol. The number of hydrogen-bond acceptors (Lipinski definition) is 4. The van der Waals surface area contributed by atoms with Gasteiger partial charge >= 0.3 is 0 Å². The van der Waals surface area contributed by atoms with E-state index < -0.39 is 11.6 Å². The zero-order chi connectivity index (χ0) is 19.2. The van der Waals surface area contributed by atoms with Gasteiger partial charge in [-0.2, -0.15) is 0 Å². The second-order valence-electron chi connectivity index (χ2n) is 6.97. The van der Waals surface area contributed by atoms with E-state index >= 15 is 0 Å². The van der Waals surface area contributed by atoms with E-state index in [0.717, 1.165) is 37.5 Å². The van der Waals surface area contributed by atoms with Crippen LogP contribution in [0.5, 0.6) is 5.75 Å². The minimum Gasteiger partial charge on any atom is -0.497 e. The Bertz CT molecular complexity index is 739. The number of nitrogens with zero attached hydrogens (tertiary/aromatic N) is 2. The van der Waals surface area contributed by atoms with Crippen LogP contribution in [-0.4, -0.2) is 54.3 Å². The van der Waals surface area contributed by atoms with Gasteiger partial charge in [0.2, 0.25) is 0 Å². The molecule has 4 nitrogen and oxygen atoms in total. The van der Waals surface area contributed by atoms with Crippen LogP contribution >= 0.6 is 0 Å². The molecule has 0 aromatic heterocycles. The highest BCUT2D eigenvalue weighted by molar-refractivity contribution is 5.27. The van der Waals surface area contributed by atoms with E-state index in [1.54, 1.807) is 13.2 Å². The zero-order valence-corrected chi connectivity index (χ0v) is 15.6. The molecule has 0 aliphatic carbocycles. The van der Waals surface area contributed by atoms with E-state index in [1.165, 1.54) is 17.7 Å². The number of piperazine rings is 1. The lowest BCUT2D eigenvalue weighted by Crippen LogP contribution is -2.52. The summed E-state index contributed by atoms with van der Waals surface area (Å²) in [5, 5.41) is 9.45. The lowest BCUT2D eigenvalue weighted by molar-refractivity contribution is 0.0499. The summed E-state index contributed by atoms with van der Waals surface area (Å²) in [7, 11) is 1.65. The monoisotopic (exact) mass is 376 g/mol. The number of aliphatic hydroxyl groups is 1. The second kappa shape index (κ2) is 9.26. The predicted octanol–water partition coefficient (Wildman–Crippen LogP) is 3.04. The van der Waals surface area contributed by atoms with Crippen molar-refractivity contribution in [3.05, 3.63) is 65.2 Å². The highest BCUT2D eigenvalue weighted by atomic mass is 19.2. The standard InChI is InChI=1S/C21H26F2N2O2/c1-27-19-5-2-16(3-6-19)13-24-9-10-25(18(15-24)8-11-26)14-17-4-7-20(22)21(23)12-17/h2-7,12,18,26H,8-11,13-15H2,1H3/t18-/m1/s1. The topological polar surface area (TPSA) is 35.9 Å². The molecular formula is C21H26F2N2O2. The summed E-state index contributed by atoms with van der Waals surface area (Å²) in [5.41, 5.74) is 1.97. The van der Waals surface area contributed by atoms with Gasteiger partial charge in [-0.1, -0.05) is 18.2 Å². The molecule has 146 valence electrons. The molecule has 1 aliphatic rings. The van der Waals surface area contributed by atoms with Crippen molar-refractivity contribution in [2.45, 2.75) is 25.6 Å². The maximum Gasteiger partial charge on any atom is 0.159 e. The van der Waals surface area contributed by atoms with Gasteiger partial charge in [-0.3, -0.25) is 9.80 Å². The molecular weight excluding hydrogens is 350 g/mol. The molecule has 3 rings (SSSR count). The van der Waals surface area contributed by atoms with Crippen molar-refractivity contribution in [2.24, 2.45) is 0 Å². The Hall–Kier alpha value is -2.02. The molecule has 0 unspecified atom stereocenters. The molecule has 1 atom stereocenters. The number of aliphatic hydroxyl groups excluding tert-OH is 1. The molecule has 0 saturated carbocycles. The molecule has 1 heterocycles. The Balaban J connectivity index is 1.62. The SMILES string of the molecule is COc1ccc(CN2CCN(Cc3ccc(F)c(F)c3)[C@H](CCO)C2)cc1. The smallest absolute Gasteiger partial charge is 0.159 e. The van der Waals surface area contributed by atoms with Crippen molar-refractivity contribution in [3.63, 3.8) is 0 Å². The Kier molecular flexibility index (Phi) is 6.77. The van der Waals surface area contributed by atoms with Gasteiger partial charge in [0.1, 0.15) is 5.75 Å². The van der Waals surface area contributed by atoms with E-state index in [4.69, 9.17) is 4.74 Å². The maximum absolute atomic E-state index is 13.5. The first-order chi connectivity index (χ1) is 13.1. The van der Waals surface area contributed by atoms with Crippen LogP contribution in [0.3, 0.4) is 0 Å². The summed E-state index contributed by atoms with van der Waals surface area (Å²) in [6.45, 7) is 4.03. The third-order valence-electron chi connectivity index (χ3n) is 5.09. The van der Waals surface area contributed by atoms with Crippen LogP contribution in [0.2, 0.25) is 0 Å². The molecule has 0 amide bonds. The van der Waals surface area contributed by atoms with Gasteiger partial charge in [-0.05, 0) is 41.8 Å². The van der Waals surface area contributed by atoms with Crippen LogP contribution in [0.4, 0.5) is 8.78 Å². The lowest BCUT2D eigenvalue weighted by atomic mass is 10.1. The zero-order valence-electron chi connectivity index (χ0n) is 15.6. The second-order valence-corrected chi connectivity index (χ2v) is 6.97. The number of benzene rings is 2. The van der Waals surface area contributed by atoms with E-state index in [0.29, 0.717) is 13.0 Å². The van der Waals surface area contributed by atoms with Crippen molar-refractivity contribution in [2.75, 3.05) is 33.4 Å². The van der Waals surface area contributed by atoms with Gasteiger partial charge in [0.25, 0.3) is 0 Å². The van der Waals surface area contributed by atoms with Crippen LogP contribution in [-0.2, 0) is 13.1 Å². The Morgan fingerprint density at radius 3 is 2.41 bits per heavy atom. The van der Waals surface area contributed by atoms with Gasteiger partial charge in [-0.25, -0.2) is 8.78 Å². The molecule has 2 aromatic rings. The number of ether oxygens (including phenoxy) is 1. The van der Waals surface area contributed by atoms with Crippen LogP contribution in [0.25, 0.3) is 0 Å². The highest BCUT2D eigenvalue weighted by Crippen LogP contribution is 2.20.